The second-order valence-corrected chi connectivity index (χ2v) is 7.13. The Kier molecular flexibility index (Phi) is 5.99. The first kappa shape index (κ1) is 21.9. The van der Waals surface area contributed by atoms with Gasteiger partial charge in [-0.3, -0.25) is 9.59 Å². The third kappa shape index (κ3) is 4.23. The van der Waals surface area contributed by atoms with Crippen molar-refractivity contribution in [1.29, 1.82) is 0 Å². The average Bonchev–Trinajstić information content (AvgIpc) is 3.07. The molecule has 0 saturated carbocycles. The fourth-order valence-corrected chi connectivity index (χ4v) is 3.54. The van der Waals surface area contributed by atoms with Crippen LogP contribution < -0.4 is 24.4 Å². The Morgan fingerprint density at radius 3 is 1.97 bits per heavy atom. The van der Waals surface area contributed by atoms with E-state index < -0.39 is 17.6 Å². The van der Waals surface area contributed by atoms with Gasteiger partial charge in [-0.15, -0.1) is 0 Å². The lowest BCUT2D eigenvalue weighted by Crippen LogP contribution is -2.32. The molecular weight excluding hydrogens is 427 g/mol. The van der Waals surface area contributed by atoms with Crippen LogP contribution in [0.15, 0.2) is 72.4 Å². The van der Waals surface area contributed by atoms with E-state index in [4.69, 9.17) is 14.2 Å². The van der Waals surface area contributed by atoms with Crippen LogP contribution in [0.2, 0.25) is 0 Å². The molecule has 33 heavy (non-hydrogen) atoms. The van der Waals surface area contributed by atoms with Crippen molar-refractivity contribution in [2.24, 2.45) is 0 Å². The molecule has 1 heterocycles. The summed E-state index contributed by atoms with van der Waals surface area (Å²) in [5.74, 6) is -0.140. The van der Waals surface area contributed by atoms with E-state index in [1.807, 2.05) is 0 Å². The maximum absolute atomic E-state index is 13.9. The molecular formula is C25H21FN2O5. The Bertz CT molecular complexity index is 1230. The standard InChI is InChI=1S/C25H21FN2O5/c1-31-19-9-7-15(8-10-19)22-23(27-17-12-20(32-2)14-21(13-17)33-3)25(30)28(24(22)29)18-6-4-5-16(26)11-18/h4-14,27H,1-3H3. The predicted octanol–water partition coefficient (Wildman–Crippen LogP) is 4.25. The number of benzene rings is 3. The molecule has 0 aromatic heterocycles. The van der Waals surface area contributed by atoms with Crippen LogP contribution in [0.3, 0.4) is 0 Å². The molecule has 0 unspecified atom stereocenters. The maximum atomic E-state index is 13.9. The van der Waals surface area contributed by atoms with Crippen molar-refractivity contribution in [2.75, 3.05) is 31.5 Å². The van der Waals surface area contributed by atoms with Gasteiger partial charge in [0.2, 0.25) is 0 Å². The lowest BCUT2D eigenvalue weighted by molar-refractivity contribution is -0.120. The van der Waals surface area contributed by atoms with Crippen LogP contribution in [0.25, 0.3) is 5.57 Å². The Hall–Kier alpha value is -4.33. The van der Waals surface area contributed by atoms with Crippen LogP contribution in [-0.4, -0.2) is 33.1 Å². The number of nitrogens with zero attached hydrogens (tertiary/aromatic N) is 1. The van der Waals surface area contributed by atoms with Gasteiger partial charge in [-0.25, -0.2) is 9.29 Å². The minimum absolute atomic E-state index is 0.0461. The van der Waals surface area contributed by atoms with Gasteiger partial charge < -0.3 is 19.5 Å². The summed E-state index contributed by atoms with van der Waals surface area (Å²) in [7, 11) is 4.56. The monoisotopic (exact) mass is 448 g/mol. The molecule has 0 spiro atoms. The van der Waals surface area contributed by atoms with E-state index in [0.717, 1.165) is 11.0 Å². The van der Waals surface area contributed by atoms with E-state index in [2.05, 4.69) is 5.32 Å². The molecule has 0 atom stereocenters. The first-order valence-electron chi connectivity index (χ1n) is 9.98. The van der Waals surface area contributed by atoms with Gasteiger partial charge in [0.1, 0.15) is 28.8 Å². The minimum Gasteiger partial charge on any atom is -0.497 e. The summed E-state index contributed by atoms with van der Waals surface area (Å²) >= 11 is 0. The van der Waals surface area contributed by atoms with Crippen molar-refractivity contribution in [2.45, 2.75) is 0 Å². The third-order valence-corrected chi connectivity index (χ3v) is 5.15. The summed E-state index contributed by atoms with van der Waals surface area (Å²) in [5, 5.41) is 3.04. The van der Waals surface area contributed by atoms with Crippen LogP contribution in [-0.2, 0) is 9.59 Å². The van der Waals surface area contributed by atoms with Crippen LogP contribution in [0, 0.1) is 5.82 Å². The highest BCUT2D eigenvalue weighted by atomic mass is 19.1. The molecule has 1 aliphatic heterocycles. The van der Waals surface area contributed by atoms with Gasteiger partial charge in [-0.1, -0.05) is 18.2 Å². The van der Waals surface area contributed by atoms with Crippen LogP contribution in [0.5, 0.6) is 17.2 Å². The molecule has 7 nitrogen and oxygen atoms in total. The number of ether oxygens (including phenoxy) is 3. The van der Waals surface area contributed by atoms with Gasteiger partial charge in [-0.2, -0.15) is 0 Å². The maximum Gasteiger partial charge on any atom is 0.282 e. The summed E-state index contributed by atoms with van der Waals surface area (Å²) < 4.78 is 29.7. The number of methoxy groups -OCH3 is 3. The van der Waals surface area contributed by atoms with Crippen molar-refractivity contribution in [3.63, 3.8) is 0 Å². The van der Waals surface area contributed by atoms with E-state index in [1.165, 1.54) is 39.5 Å². The molecule has 0 bridgehead atoms. The highest BCUT2D eigenvalue weighted by Crippen LogP contribution is 2.36. The van der Waals surface area contributed by atoms with E-state index in [9.17, 15) is 14.0 Å². The number of hydrogen-bond donors (Lipinski definition) is 1. The number of amides is 2. The van der Waals surface area contributed by atoms with Crippen molar-refractivity contribution in [3.8, 4) is 17.2 Å². The quantitative estimate of drug-likeness (QED) is 0.545. The average molecular weight is 448 g/mol. The van der Waals surface area contributed by atoms with Crippen LogP contribution >= 0.6 is 0 Å². The SMILES string of the molecule is COc1ccc(C2=C(Nc3cc(OC)cc(OC)c3)C(=O)N(c3cccc(F)c3)C2=O)cc1. The summed E-state index contributed by atoms with van der Waals surface area (Å²) in [6.45, 7) is 0. The minimum atomic E-state index is -0.613. The van der Waals surface area contributed by atoms with Gasteiger partial charge >= 0.3 is 0 Å². The molecule has 8 heteroatoms. The first-order valence-corrected chi connectivity index (χ1v) is 9.98. The van der Waals surface area contributed by atoms with Gasteiger partial charge in [0.05, 0.1) is 32.6 Å². The van der Waals surface area contributed by atoms with Gasteiger partial charge in [0.25, 0.3) is 11.8 Å². The Labute approximate surface area is 190 Å². The number of carbonyl (C=O) groups is 2. The zero-order chi connectivity index (χ0) is 23.5. The molecule has 1 aliphatic rings. The second kappa shape index (κ2) is 9.04. The molecule has 0 saturated heterocycles. The molecule has 1 N–H and O–H groups in total. The van der Waals surface area contributed by atoms with E-state index in [1.54, 1.807) is 42.5 Å². The number of imide groups is 1. The fraction of sp³-hybridized carbons (Fsp3) is 0.120. The van der Waals surface area contributed by atoms with Crippen molar-refractivity contribution in [1.82, 2.24) is 0 Å². The zero-order valence-corrected chi connectivity index (χ0v) is 18.2. The van der Waals surface area contributed by atoms with Gasteiger partial charge in [0.15, 0.2) is 0 Å². The fourth-order valence-electron chi connectivity index (χ4n) is 3.54. The second-order valence-electron chi connectivity index (χ2n) is 7.13. The molecule has 0 fully saturated rings. The largest absolute Gasteiger partial charge is 0.497 e. The third-order valence-electron chi connectivity index (χ3n) is 5.15. The molecule has 0 radical (unpaired) electrons. The highest BCUT2D eigenvalue weighted by molar-refractivity contribution is 6.46. The van der Waals surface area contributed by atoms with E-state index >= 15 is 0 Å². The number of nitrogens with one attached hydrogen (secondary N) is 1. The molecule has 3 aromatic carbocycles. The molecule has 3 aromatic rings. The number of hydrogen-bond acceptors (Lipinski definition) is 6. The van der Waals surface area contributed by atoms with Crippen molar-refractivity contribution >= 4 is 28.8 Å². The molecule has 2 amide bonds. The van der Waals surface area contributed by atoms with E-state index in [-0.39, 0.29) is 17.0 Å². The first-order chi connectivity index (χ1) is 15.9. The topological polar surface area (TPSA) is 77.1 Å². The van der Waals surface area contributed by atoms with Crippen LogP contribution in [0.4, 0.5) is 15.8 Å². The summed E-state index contributed by atoms with van der Waals surface area (Å²) in [6.07, 6.45) is 0. The number of carbonyl (C=O) groups excluding carboxylic acids is 2. The Balaban J connectivity index is 1.83. The Morgan fingerprint density at radius 2 is 1.39 bits per heavy atom. The summed E-state index contributed by atoms with van der Waals surface area (Å²) in [6, 6.07) is 17.1. The normalized spacial score (nSPS) is 13.4. The van der Waals surface area contributed by atoms with Crippen LogP contribution in [0.1, 0.15) is 5.56 Å². The lowest BCUT2D eigenvalue weighted by atomic mass is 10.0. The van der Waals surface area contributed by atoms with Gasteiger partial charge in [0, 0.05) is 23.9 Å². The Morgan fingerprint density at radius 1 is 0.758 bits per heavy atom. The highest BCUT2D eigenvalue weighted by Gasteiger charge is 2.40. The number of rotatable bonds is 7. The van der Waals surface area contributed by atoms with E-state index in [0.29, 0.717) is 28.5 Å². The summed E-state index contributed by atoms with van der Waals surface area (Å²) in [5.41, 5.74) is 1.31. The predicted molar refractivity (Wildman–Crippen MR) is 122 cm³/mol. The molecule has 4 rings (SSSR count). The summed E-state index contributed by atoms with van der Waals surface area (Å²) in [4.78, 5) is 27.8. The molecule has 168 valence electrons. The van der Waals surface area contributed by atoms with Crippen molar-refractivity contribution < 1.29 is 28.2 Å². The molecule has 0 aliphatic carbocycles. The zero-order valence-electron chi connectivity index (χ0n) is 18.2. The number of anilines is 2. The number of halogens is 1. The van der Waals surface area contributed by atoms with Gasteiger partial charge in [-0.05, 0) is 35.9 Å². The smallest absolute Gasteiger partial charge is 0.282 e. The lowest BCUT2D eigenvalue weighted by Gasteiger charge is -2.15. The van der Waals surface area contributed by atoms with Crippen molar-refractivity contribution in [3.05, 3.63) is 83.8 Å².